The number of hydrogen-bond donors (Lipinski definition) is 1. The Morgan fingerprint density at radius 2 is 2.12 bits per heavy atom. The molecule has 1 atom stereocenters. The lowest BCUT2D eigenvalue weighted by atomic mass is 10.1. The van der Waals surface area contributed by atoms with Crippen molar-refractivity contribution < 1.29 is 4.42 Å². The van der Waals surface area contributed by atoms with Crippen molar-refractivity contribution >= 4 is 50.1 Å². The van der Waals surface area contributed by atoms with E-state index in [1.165, 1.54) is 0 Å². The zero-order chi connectivity index (χ0) is 12.4. The Morgan fingerprint density at radius 3 is 2.65 bits per heavy atom. The molecule has 0 saturated heterocycles. The molecule has 2 aromatic rings. The lowest BCUT2D eigenvalue weighted by Gasteiger charge is -2.14. The van der Waals surface area contributed by atoms with Gasteiger partial charge in [-0.25, -0.2) is 0 Å². The standard InChI is InChI=1S/C12H10BrClINO/c1-16-12(10-4-5-11(13)17-10)7-2-3-9(15)8(14)6-7/h2-6,12,16H,1H3. The van der Waals surface area contributed by atoms with Crippen molar-refractivity contribution in [3.05, 3.63) is 54.9 Å². The Labute approximate surface area is 127 Å². The SMILES string of the molecule is CNC(c1ccc(I)c(Cl)c1)c1ccc(Br)o1. The number of benzene rings is 1. The van der Waals surface area contributed by atoms with Crippen molar-refractivity contribution in [2.45, 2.75) is 6.04 Å². The predicted molar refractivity (Wildman–Crippen MR) is 81.5 cm³/mol. The molecule has 1 aromatic heterocycles. The van der Waals surface area contributed by atoms with Crippen LogP contribution in [-0.4, -0.2) is 7.05 Å². The Hall–Kier alpha value is -0.0400. The summed E-state index contributed by atoms with van der Waals surface area (Å²) < 4.78 is 7.34. The third-order valence-corrected chi connectivity index (χ3v) is 4.44. The molecule has 0 radical (unpaired) electrons. The summed E-state index contributed by atoms with van der Waals surface area (Å²) in [7, 11) is 1.90. The molecule has 0 bridgehead atoms. The average Bonchev–Trinajstić information content (AvgIpc) is 2.71. The van der Waals surface area contributed by atoms with Gasteiger partial charge in [0.15, 0.2) is 4.67 Å². The van der Waals surface area contributed by atoms with Crippen LogP contribution in [0, 0.1) is 3.57 Å². The van der Waals surface area contributed by atoms with E-state index in [-0.39, 0.29) is 6.04 Å². The molecule has 0 saturated carbocycles. The summed E-state index contributed by atoms with van der Waals surface area (Å²) in [6.45, 7) is 0. The van der Waals surface area contributed by atoms with Crippen molar-refractivity contribution in [2.75, 3.05) is 7.05 Å². The molecule has 1 aromatic carbocycles. The molecule has 1 unspecified atom stereocenters. The molecule has 2 nitrogen and oxygen atoms in total. The molecule has 0 spiro atoms. The number of halogens is 3. The third-order valence-electron chi connectivity index (χ3n) is 2.44. The fourth-order valence-electron chi connectivity index (χ4n) is 1.65. The zero-order valence-corrected chi connectivity index (χ0v) is 13.5. The molecule has 0 fully saturated rings. The van der Waals surface area contributed by atoms with Crippen LogP contribution in [-0.2, 0) is 0 Å². The van der Waals surface area contributed by atoms with E-state index in [9.17, 15) is 0 Å². The smallest absolute Gasteiger partial charge is 0.169 e. The second kappa shape index (κ2) is 5.73. The van der Waals surface area contributed by atoms with E-state index in [2.05, 4.69) is 43.8 Å². The number of nitrogens with one attached hydrogen (secondary N) is 1. The van der Waals surface area contributed by atoms with Crippen molar-refractivity contribution in [1.29, 1.82) is 0 Å². The highest BCUT2D eigenvalue weighted by Crippen LogP contribution is 2.29. The van der Waals surface area contributed by atoms with Crippen LogP contribution >= 0.6 is 50.1 Å². The van der Waals surface area contributed by atoms with Gasteiger partial charge in [-0.15, -0.1) is 0 Å². The fourth-order valence-corrected chi connectivity index (χ4v) is 2.49. The largest absolute Gasteiger partial charge is 0.452 e. The summed E-state index contributed by atoms with van der Waals surface area (Å²) >= 11 is 11.7. The second-order valence-corrected chi connectivity index (χ2v) is 5.89. The van der Waals surface area contributed by atoms with Gasteiger partial charge in [-0.1, -0.05) is 17.7 Å². The fraction of sp³-hybridized carbons (Fsp3) is 0.167. The van der Waals surface area contributed by atoms with Crippen molar-refractivity contribution in [3.8, 4) is 0 Å². The zero-order valence-electron chi connectivity index (χ0n) is 9.01. The van der Waals surface area contributed by atoms with Crippen LogP contribution in [0.2, 0.25) is 5.02 Å². The number of furan rings is 1. The van der Waals surface area contributed by atoms with Crippen LogP contribution in [0.25, 0.3) is 0 Å². The average molecular weight is 426 g/mol. The first-order valence-electron chi connectivity index (χ1n) is 4.99. The third kappa shape index (κ3) is 3.05. The van der Waals surface area contributed by atoms with Gasteiger partial charge in [-0.2, -0.15) is 0 Å². The minimum absolute atomic E-state index is 0.0100. The van der Waals surface area contributed by atoms with Gasteiger partial charge in [0.2, 0.25) is 0 Å². The first-order chi connectivity index (χ1) is 8.11. The molecule has 0 aliphatic carbocycles. The van der Waals surface area contributed by atoms with E-state index in [1.54, 1.807) is 0 Å². The highest BCUT2D eigenvalue weighted by atomic mass is 127. The Morgan fingerprint density at radius 1 is 1.35 bits per heavy atom. The normalized spacial score (nSPS) is 12.7. The molecule has 0 aliphatic rings. The highest BCUT2D eigenvalue weighted by Gasteiger charge is 2.16. The summed E-state index contributed by atoms with van der Waals surface area (Å²) in [5.74, 6) is 0.858. The van der Waals surface area contributed by atoms with E-state index in [4.69, 9.17) is 16.0 Å². The predicted octanol–water partition coefficient (Wildman–Crippen LogP) is 4.61. The van der Waals surface area contributed by atoms with E-state index >= 15 is 0 Å². The molecular weight excluding hydrogens is 416 g/mol. The van der Waals surface area contributed by atoms with Gasteiger partial charge < -0.3 is 9.73 Å². The van der Waals surface area contributed by atoms with Crippen LogP contribution < -0.4 is 5.32 Å². The topological polar surface area (TPSA) is 25.2 Å². The van der Waals surface area contributed by atoms with Crippen molar-refractivity contribution in [2.24, 2.45) is 0 Å². The van der Waals surface area contributed by atoms with Gasteiger partial charge in [0.25, 0.3) is 0 Å². The molecule has 2 rings (SSSR count). The summed E-state index contributed by atoms with van der Waals surface area (Å²) in [5.41, 5.74) is 1.08. The van der Waals surface area contributed by atoms with Gasteiger partial charge in [0, 0.05) is 3.57 Å². The molecule has 0 amide bonds. The molecule has 5 heteroatoms. The van der Waals surface area contributed by atoms with Crippen LogP contribution in [0.5, 0.6) is 0 Å². The quantitative estimate of drug-likeness (QED) is 0.726. The first kappa shape index (κ1) is 13.4. The molecule has 1 heterocycles. The van der Waals surface area contributed by atoms with Crippen LogP contribution in [0.15, 0.2) is 39.4 Å². The number of rotatable bonds is 3. The van der Waals surface area contributed by atoms with E-state index < -0.39 is 0 Å². The van der Waals surface area contributed by atoms with Crippen LogP contribution in [0.3, 0.4) is 0 Å². The highest BCUT2D eigenvalue weighted by molar-refractivity contribution is 14.1. The van der Waals surface area contributed by atoms with E-state index in [0.717, 1.165) is 24.6 Å². The maximum absolute atomic E-state index is 6.13. The van der Waals surface area contributed by atoms with Gasteiger partial charge in [-0.3, -0.25) is 0 Å². The minimum Gasteiger partial charge on any atom is -0.452 e. The van der Waals surface area contributed by atoms with Crippen molar-refractivity contribution in [3.63, 3.8) is 0 Å². The van der Waals surface area contributed by atoms with E-state index in [0.29, 0.717) is 0 Å². The van der Waals surface area contributed by atoms with Gasteiger partial charge in [0.05, 0.1) is 11.1 Å². The molecule has 17 heavy (non-hydrogen) atoms. The maximum Gasteiger partial charge on any atom is 0.169 e. The van der Waals surface area contributed by atoms with Crippen molar-refractivity contribution in [1.82, 2.24) is 5.32 Å². The summed E-state index contributed by atoms with van der Waals surface area (Å²) in [4.78, 5) is 0. The molecule has 1 N–H and O–H groups in total. The maximum atomic E-state index is 6.13. The first-order valence-corrected chi connectivity index (χ1v) is 7.24. The van der Waals surface area contributed by atoms with Gasteiger partial charge in [-0.05, 0) is 75.4 Å². The lowest BCUT2D eigenvalue weighted by Crippen LogP contribution is -2.17. The Balaban J connectivity index is 2.38. The molecule has 0 aliphatic heterocycles. The molecule has 90 valence electrons. The van der Waals surface area contributed by atoms with E-state index in [1.807, 2.05) is 37.4 Å². The van der Waals surface area contributed by atoms with Crippen LogP contribution in [0.4, 0.5) is 0 Å². The summed E-state index contributed by atoms with van der Waals surface area (Å²) in [6.07, 6.45) is 0. The summed E-state index contributed by atoms with van der Waals surface area (Å²) in [5, 5.41) is 3.98. The summed E-state index contributed by atoms with van der Waals surface area (Å²) in [6, 6.07) is 9.84. The van der Waals surface area contributed by atoms with Gasteiger partial charge in [0.1, 0.15) is 5.76 Å². The minimum atomic E-state index is 0.0100. The Bertz CT molecular complexity index is 529. The number of hydrogen-bond acceptors (Lipinski definition) is 2. The lowest BCUT2D eigenvalue weighted by molar-refractivity contribution is 0.447. The van der Waals surface area contributed by atoms with Crippen LogP contribution in [0.1, 0.15) is 17.4 Å². The van der Waals surface area contributed by atoms with Gasteiger partial charge >= 0.3 is 0 Å². The monoisotopic (exact) mass is 425 g/mol. The second-order valence-electron chi connectivity index (χ2n) is 3.54. The molecular formula is C12H10BrClINO. The Kier molecular flexibility index (Phi) is 4.52.